The van der Waals surface area contributed by atoms with E-state index in [4.69, 9.17) is 4.74 Å². The third-order valence-corrected chi connectivity index (χ3v) is 5.98. The molecule has 2 unspecified atom stereocenters. The van der Waals surface area contributed by atoms with Crippen molar-refractivity contribution >= 4 is 5.91 Å². The molecule has 0 aliphatic carbocycles. The van der Waals surface area contributed by atoms with Gasteiger partial charge in [-0.2, -0.15) is 0 Å². The number of amides is 1. The lowest BCUT2D eigenvalue weighted by Crippen LogP contribution is -2.32. The minimum absolute atomic E-state index is 0.0145. The molecule has 0 spiro atoms. The van der Waals surface area contributed by atoms with Gasteiger partial charge in [0, 0.05) is 31.2 Å². The zero-order valence-electron chi connectivity index (χ0n) is 18.8. The maximum absolute atomic E-state index is 13.5. The molecule has 3 aromatic rings. The van der Waals surface area contributed by atoms with E-state index in [0.29, 0.717) is 24.8 Å². The number of halogens is 1. The second-order valence-corrected chi connectivity index (χ2v) is 8.50. The molecule has 1 amide bonds. The third-order valence-electron chi connectivity index (χ3n) is 5.98. The summed E-state index contributed by atoms with van der Waals surface area (Å²) < 4.78 is 19.2. The molecule has 1 fully saturated rings. The van der Waals surface area contributed by atoms with Crippen LogP contribution in [0, 0.1) is 5.82 Å². The molecule has 4 rings (SSSR count). The highest BCUT2D eigenvalue weighted by atomic mass is 19.1. The Labute approximate surface area is 194 Å². The van der Waals surface area contributed by atoms with Crippen LogP contribution >= 0.6 is 0 Å². The number of hydrogen-bond acceptors (Lipinski definition) is 4. The fraction of sp³-hybridized carbons (Fsp3) is 0.296. The summed E-state index contributed by atoms with van der Waals surface area (Å²) in [5.41, 5.74) is 9.20. The molecule has 6 heteroatoms. The van der Waals surface area contributed by atoms with Crippen LogP contribution < -0.4 is 15.6 Å². The summed E-state index contributed by atoms with van der Waals surface area (Å²) in [6.45, 7) is 1.15. The molecule has 1 heterocycles. The summed E-state index contributed by atoms with van der Waals surface area (Å²) >= 11 is 0. The lowest BCUT2D eigenvalue weighted by Gasteiger charge is -2.18. The first-order valence-corrected chi connectivity index (χ1v) is 11.4. The first-order valence-electron chi connectivity index (χ1n) is 11.4. The van der Waals surface area contributed by atoms with E-state index in [1.165, 1.54) is 6.07 Å². The molecule has 2 atom stereocenters. The average molecular weight is 448 g/mol. The van der Waals surface area contributed by atoms with Crippen LogP contribution in [-0.2, 0) is 6.61 Å². The molecule has 1 aliphatic heterocycles. The van der Waals surface area contributed by atoms with E-state index in [2.05, 4.69) is 10.9 Å². The quantitative estimate of drug-likeness (QED) is 0.492. The topological polar surface area (TPSA) is 53.6 Å². The molecule has 172 valence electrons. The Morgan fingerprint density at radius 1 is 1.03 bits per heavy atom. The summed E-state index contributed by atoms with van der Waals surface area (Å²) in [7, 11) is 1.84. The van der Waals surface area contributed by atoms with Crippen molar-refractivity contribution in [1.82, 2.24) is 15.8 Å². The minimum atomic E-state index is -0.213. The van der Waals surface area contributed by atoms with E-state index >= 15 is 0 Å². The van der Waals surface area contributed by atoms with Gasteiger partial charge in [0.15, 0.2) is 0 Å². The van der Waals surface area contributed by atoms with Gasteiger partial charge in [-0.3, -0.25) is 15.6 Å². The van der Waals surface area contributed by atoms with Gasteiger partial charge in [-0.15, -0.1) is 0 Å². The van der Waals surface area contributed by atoms with Crippen molar-refractivity contribution in [2.75, 3.05) is 13.6 Å². The summed E-state index contributed by atoms with van der Waals surface area (Å²) in [4.78, 5) is 14.5. The Morgan fingerprint density at radius 3 is 2.58 bits per heavy atom. The van der Waals surface area contributed by atoms with Gasteiger partial charge in [0.05, 0.1) is 0 Å². The average Bonchev–Trinajstić information content (AvgIpc) is 3.32. The largest absolute Gasteiger partial charge is 0.489 e. The van der Waals surface area contributed by atoms with Crippen molar-refractivity contribution in [3.8, 4) is 5.75 Å². The van der Waals surface area contributed by atoms with E-state index in [0.717, 1.165) is 36.1 Å². The van der Waals surface area contributed by atoms with Crippen molar-refractivity contribution in [1.29, 1.82) is 0 Å². The molecule has 0 radical (unpaired) electrons. The van der Waals surface area contributed by atoms with Crippen molar-refractivity contribution < 1.29 is 13.9 Å². The maximum Gasteiger partial charge on any atom is 0.253 e. The van der Waals surface area contributed by atoms with Crippen LogP contribution in [0.4, 0.5) is 4.39 Å². The normalized spacial score (nSPS) is 17.6. The Hall–Kier alpha value is -3.22. The standard InChI is InChI=1S/C27H30FN3O2/c1-31(16-6-9-24-18-26(30-29-24)22-7-5-8-23(28)17-22)27(32)21-14-12-20(13-15-21)19-33-25-10-3-2-4-11-25/h2-5,7-8,10-15,17,24,26,29-30H,6,9,16,18-19H2,1H3. The predicted octanol–water partition coefficient (Wildman–Crippen LogP) is 4.86. The van der Waals surface area contributed by atoms with E-state index in [-0.39, 0.29) is 17.8 Å². The summed E-state index contributed by atoms with van der Waals surface area (Å²) in [6, 6.07) is 24.4. The van der Waals surface area contributed by atoms with Gasteiger partial charge >= 0.3 is 0 Å². The van der Waals surface area contributed by atoms with Crippen LogP contribution in [0.1, 0.15) is 46.8 Å². The van der Waals surface area contributed by atoms with Crippen molar-refractivity contribution in [2.45, 2.75) is 38.0 Å². The van der Waals surface area contributed by atoms with Crippen molar-refractivity contribution in [3.05, 3.63) is 101 Å². The van der Waals surface area contributed by atoms with Gasteiger partial charge < -0.3 is 9.64 Å². The van der Waals surface area contributed by atoms with E-state index in [9.17, 15) is 9.18 Å². The molecule has 33 heavy (non-hydrogen) atoms. The monoisotopic (exact) mass is 447 g/mol. The smallest absolute Gasteiger partial charge is 0.253 e. The van der Waals surface area contributed by atoms with Gasteiger partial charge in [-0.1, -0.05) is 42.5 Å². The number of para-hydroxylation sites is 1. The molecule has 2 N–H and O–H groups in total. The number of rotatable bonds is 9. The highest BCUT2D eigenvalue weighted by molar-refractivity contribution is 5.94. The molecule has 3 aromatic carbocycles. The number of carbonyl (C=O) groups is 1. The molecule has 5 nitrogen and oxygen atoms in total. The third kappa shape index (κ3) is 6.40. The minimum Gasteiger partial charge on any atom is -0.489 e. The van der Waals surface area contributed by atoms with Gasteiger partial charge in [-0.05, 0) is 66.8 Å². The second kappa shape index (κ2) is 11.1. The van der Waals surface area contributed by atoms with E-state index in [1.54, 1.807) is 17.0 Å². The van der Waals surface area contributed by atoms with Crippen LogP contribution in [0.2, 0.25) is 0 Å². The Kier molecular flexibility index (Phi) is 7.70. The number of ether oxygens (including phenoxy) is 1. The number of benzene rings is 3. The molecular formula is C27H30FN3O2. The van der Waals surface area contributed by atoms with Crippen molar-refractivity contribution in [2.24, 2.45) is 0 Å². The maximum atomic E-state index is 13.5. The second-order valence-electron chi connectivity index (χ2n) is 8.50. The van der Waals surface area contributed by atoms with Crippen LogP contribution in [0.3, 0.4) is 0 Å². The van der Waals surface area contributed by atoms with Gasteiger partial charge in [-0.25, -0.2) is 4.39 Å². The van der Waals surface area contributed by atoms with Crippen LogP contribution in [0.15, 0.2) is 78.9 Å². The van der Waals surface area contributed by atoms with E-state index in [1.807, 2.05) is 67.7 Å². The summed E-state index contributed by atoms with van der Waals surface area (Å²) in [6.07, 6.45) is 2.72. The summed E-state index contributed by atoms with van der Waals surface area (Å²) in [5.74, 6) is 0.627. The Bertz CT molecular complexity index is 1040. The predicted molar refractivity (Wildman–Crippen MR) is 127 cm³/mol. The fourth-order valence-corrected chi connectivity index (χ4v) is 4.08. The van der Waals surface area contributed by atoms with Crippen LogP contribution in [-0.4, -0.2) is 30.4 Å². The fourth-order valence-electron chi connectivity index (χ4n) is 4.08. The van der Waals surface area contributed by atoms with Crippen molar-refractivity contribution in [3.63, 3.8) is 0 Å². The first-order chi connectivity index (χ1) is 16.1. The van der Waals surface area contributed by atoms with Gasteiger partial charge in [0.1, 0.15) is 18.2 Å². The molecule has 1 aliphatic rings. The highest BCUT2D eigenvalue weighted by Gasteiger charge is 2.25. The molecule has 0 aromatic heterocycles. The number of hydrazine groups is 1. The SMILES string of the molecule is CN(CCCC1CC(c2cccc(F)c2)NN1)C(=O)c1ccc(COc2ccccc2)cc1. The number of nitrogens with one attached hydrogen (secondary N) is 2. The molecule has 0 bridgehead atoms. The number of hydrogen-bond donors (Lipinski definition) is 2. The summed E-state index contributed by atoms with van der Waals surface area (Å²) in [5, 5.41) is 0. The van der Waals surface area contributed by atoms with Crippen LogP contribution in [0.5, 0.6) is 5.75 Å². The lowest BCUT2D eigenvalue weighted by molar-refractivity contribution is 0.0791. The molecule has 0 saturated carbocycles. The first kappa shape index (κ1) is 23.0. The molecule has 1 saturated heterocycles. The van der Waals surface area contributed by atoms with Gasteiger partial charge in [0.25, 0.3) is 5.91 Å². The number of carbonyl (C=O) groups excluding carboxylic acids is 1. The lowest BCUT2D eigenvalue weighted by atomic mass is 9.99. The highest BCUT2D eigenvalue weighted by Crippen LogP contribution is 2.24. The zero-order chi connectivity index (χ0) is 23.0. The Balaban J connectivity index is 1.19. The number of nitrogens with zero attached hydrogens (tertiary/aromatic N) is 1. The zero-order valence-corrected chi connectivity index (χ0v) is 18.8. The molecular weight excluding hydrogens is 417 g/mol. The van der Waals surface area contributed by atoms with Gasteiger partial charge in [0.2, 0.25) is 0 Å². The Morgan fingerprint density at radius 2 is 1.82 bits per heavy atom. The van der Waals surface area contributed by atoms with Crippen LogP contribution in [0.25, 0.3) is 0 Å². The van der Waals surface area contributed by atoms with E-state index < -0.39 is 0 Å².